The molecule has 0 aliphatic carbocycles. The van der Waals surface area contributed by atoms with Crippen molar-refractivity contribution in [3.8, 4) is 6.07 Å². The molecular formula is C22H16ClN3S. The summed E-state index contributed by atoms with van der Waals surface area (Å²) in [7, 11) is 0. The van der Waals surface area contributed by atoms with Crippen LogP contribution in [0.5, 0.6) is 0 Å². The van der Waals surface area contributed by atoms with Crippen LogP contribution in [0.3, 0.4) is 0 Å². The number of fused-ring (bicyclic) bond motifs is 1. The Balaban J connectivity index is 1.76. The molecule has 1 heterocycles. The molecule has 2 N–H and O–H groups in total. The topological polar surface area (TPSA) is 62.2 Å². The second kappa shape index (κ2) is 6.77. The molecule has 0 spiro atoms. The van der Waals surface area contributed by atoms with E-state index in [1.54, 1.807) is 12.1 Å². The molecule has 0 saturated heterocycles. The van der Waals surface area contributed by atoms with Gasteiger partial charge in [0.05, 0.1) is 17.1 Å². The van der Waals surface area contributed by atoms with Crippen LogP contribution in [0.2, 0.25) is 5.02 Å². The first-order chi connectivity index (χ1) is 13.0. The summed E-state index contributed by atoms with van der Waals surface area (Å²) in [4.78, 5) is 5.57. The summed E-state index contributed by atoms with van der Waals surface area (Å²) >= 11 is 7.48. The van der Waals surface area contributed by atoms with Gasteiger partial charge in [0.25, 0.3) is 0 Å². The maximum absolute atomic E-state index is 9.88. The smallest absolute Gasteiger partial charge is 0.118 e. The van der Waals surface area contributed by atoms with Gasteiger partial charge in [-0.25, -0.2) is 4.99 Å². The van der Waals surface area contributed by atoms with E-state index in [9.17, 15) is 5.26 Å². The number of hydrogen-bond acceptors (Lipinski definition) is 4. The number of nitrogens with zero attached hydrogens (tertiary/aromatic N) is 2. The number of hydrogen-bond donors (Lipinski definition) is 1. The van der Waals surface area contributed by atoms with Crippen LogP contribution in [-0.4, -0.2) is 5.84 Å². The highest BCUT2D eigenvalue weighted by molar-refractivity contribution is 8.03. The van der Waals surface area contributed by atoms with Crippen LogP contribution in [0.15, 0.2) is 87.2 Å². The predicted molar refractivity (Wildman–Crippen MR) is 113 cm³/mol. The number of nitriles is 1. The Morgan fingerprint density at radius 2 is 1.74 bits per heavy atom. The number of aliphatic imine (C=N–C) groups is 1. The lowest BCUT2D eigenvalue weighted by atomic mass is 9.77. The Labute approximate surface area is 167 Å². The summed E-state index contributed by atoms with van der Waals surface area (Å²) in [6, 6.07) is 24.1. The molecule has 0 saturated carbocycles. The molecule has 5 heteroatoms. The van der Waals surface area contributed by atoms with E-state index < -0.39 is 5.41 Å². The Morgan fingerprint density at radius 1 is 1.04 bits per heavy atom. The monoisotopic (exact) mass is 389 g/mol. The van der Waals surface area contributed by atoms with Crippen molar-refractivity contribution in [2.45, 2.75) is 17.2 Å². The van der Waals surface area contributed by atoms with Crippen LogP contribution in [0, 0.1) is 11.3 Å². The van der Waals surface area contributed by atoms with Gasteiger partial charge in [0.1, 0.15) is 10.9 Å². The third-order valence-electron chi connectivity index (χ3n) is 4.92. The summed E-state index contributed by atoms with van der Waals surface area (Å²) < 4.78 is 0. The molecule has 1 atom stereocenters. The maximum atomic E-state index is 9.88. The van der Waals surface area contributed by atoms with Gasteiger partial charge in [0, 0.05) is 9.92 Å². The van der Waals surface area contributed by atoms with Crippen molar-refractivity contribution in [2.24, 2.45) is 10.7 Å². The standard InChI is InChI=1S/C22H16ClN3S/c1-22(16-7-9-17(23)10-8-16)19(13-24)20(26-21(22)25)27-18-11-6-14-4-2-3-5-15(14)12-18/h2-12H,1H3,(H2,25,26). The van der Waals surface area contributed by atoms with Crippen LogP contribution in [0.1, 0.15) is 12.5 Å². The molecule has 1 aliphatic heterocycles. The first kappa shape index (κ1) is 17.7. The normalized spacial score (nSPS) is 19.2. The fraction of sp³-hybridized carbons (Fsp3) is 0.0909. The second-order valence-corrected chi connectivity index (χ2v) is 8.03. The third-order valence-corrected chi connectivity index (χ3v) is 6.15. The predicted octanol–water partition coefficient (Wildman–Crippen LogP) is 5.65. The molecule has 0 bridgehead atoms. The number of thioether (sulfide) groups is 1. The molecule has 0 radical (unpaired) electrons. The van der Waals surface area contributed by atoms with E-state index in [1.165, 1.54) is 17.1 Å². The van der Waals surface area contributed by atoms with Crippen LogP contribution < -0.4 is 5.73 Å². The minimum atomic E-state index is -0.751. The number of rotatable bonds is 3. The van der Waals surface area contributed by atoms with Gasteiger partial charge in [-0.1, -0.05) is 65.8 Å². The van der Waals surface area contributed by atoms with Gasteiger partial charge in [0.15, 0.2) is 0 Å². The highest BCUT2D eigenvalue weighted by Gasteiger charge is 2.42. The molecule has 0 aromatic heterocycles. The van der Waals surface area contributed by atoms with Gasteiger partial charge in [-0.15, -0.1) is 0 Å². The summed E-state index contributed by atoms with van der Waals surface area (Å²) in [6.07, 6.45) is 0. The Morgan fingerprint density at radius 3 is 2.44 bits per heavy atom. The lowest BCUT2D eigenvalue weighted by Gasteiger charge is -2.25. The van der Waals surface area contributed by atoms with E-state index in [-0.39, 0.29) is 0 Å². The first-order valence-electron chi connectivity index (χ1n) is 8.44. The Bertz CT molecular complexity index is 1140. The zero-order chi connectivity index (χ0) is 19.0. The SMILES string of the molecule is CC1(c2ccc(Cl)cc2)C(N)=NC(Sc2ccc3ccccc3c2)=C1C#N. The molecule has 1 unspecified atom stereocenters. The lowest BCUT2D eigenvalue weighted by molar-refractivity contribution is 0.782. The second-order valence-electron chi connectivity index (χ2n) is 6.53. The summed E-state index contributed by atoms with van der Waals surface area (Å²) in [5, 5.41) is 13.5. The van der Waals surface area contributed by atoms with Crippen molar-refractivity contribution in [3.63, 3.8) is 0 Å². The van der Waals surface area contributed by atoms with Gasteiger partial charge < -0.3 is 5.73 Å². The lowest BCUT2D eigenvalue weighted by Crippen LogP contribution is -2.37. The zero-order valence-electron chi connectivity index (χ0n) is 14.6. The van der Waals surface area contributed by atoms with Gasteiger partial charge in [-0.3, -0.25) is 0 Å². The Hall–Kier alpha value is -2.74. The minimum absolute atomic E-state index is 0.421. The van der Waals surface area contributed by atoms with Gasteiger partial charge in [-0.2, -0.15) is 5.26 Å². The van der Waals surface area contributed by atoms with Gasteiger partial charge in [-0.05, 0) is 47.5 Å². The van der Waals surface area contributed by atoms with E-state index in [0.717, 1.165) is 15.8 Å². The van der Waals surface area contributed by atoms with Crippen molar-refractivity contribution >= 4 is 40.0 Å². The van der Waals surface area contributed by atoms with Crippen molar-refractivity contribution < 1.29 is 0 Å². The third kappa shape index (κ3) is 2.99. The molecule has 0 fully saturated rings. The molecule has 4 rings (SSSR count). The fourth-order valence-electron chi connectivity index (χ4n) is 3.27. The van der Waals surface area contributed by atoms with Crippen molar-refractivity contribution in [2.75, 3.05) is 0 Å². The van der Waals surface area contributed by atoms with E-state index in [2.05, 4.69) is 35.3 Å². The van der Waals surface area contributed by atoms with Crippen LogP contribution in [0.25, 0.3) is 10.8 Å². The molecule has 0 amide bonds. The van der Waals surface area contributed by atoms with Gasteiger partial charge >= 0.3 is 0 Å². The number of benzene rings is 3. The van der Waals surface area contributed by atoms with Crippen LogP contribution in [0.4, 0.5) is 0 Å². The van der Waals surface area contributed by atoms with E-state index in [0.29, 0.717) is 21.5 Å². The number of amidine groups is 1. The number of nitrogens with two attached hydrogens (primary N) is 1. The van der Waals surface area contributed by atoms with Crippen molar-refractivity contribution in [1.29, 1.82) is 5.26 Å². The van der Waals surface area contributed by atoms with Gasteiger partial charge in [0.2, 0.25) is 0 Å². The highest BCUT2D eigenvalue weighted by Crippen LogP contribution is 2.45. The average molecular weight is 390 g/mol. The molecule has 3 nitrogen and oxygen atoms in total. The van der Waals surface area contributed by atoms with Crippen molar-refractivity contribution in [1.82, 2.24) is 0 Å². The minimum Gasteiger partial charge on any atom is -0.386 e. The quantitative estimate of drug-likeness (QED) is 0.629. The average Bonchev–Trinajstić information content (AvgIpc) is 2.92. The van der Waals surface area contributed by atoms with E-state index in [1.807, 2.05) is 37.3 Å². The molecule has 3 aromatic rings. The van der Waals surface area contributed by atoms with Crippen LogP contribution in [-0.2, 0) is 5.41 Å². The highest BCUT2D eigenvalue weighted by atomic mass is 35.5. The molecule has 1 aliphatic rings. The summed E-state index contributed by atoms with van der Waals surface area (Å²) in [5.74, 6) is 0.421. The Kier molecular flexibility index (Phi) is 4.43. The van der Waals surface area contributed by atoms with Crippen molar-refractivity contribution in [3.05, 3.63) is 87.9 Å². The van der Waals surface area contributed by atoms with Crippen LogP contribution >= 0.6 is 23.4 Å². The molecule has 3 aromatic carbocycles. The fourth-order valence-corrected chi connectivity index (χ4v) is 4.44. The zero-order valence-corrected chi connectivity index (χ0v) is 16.2. The summed E-state index contributed by atoms with van der Waals surface area (Å²) in [6.45, 7) is 1.93. The summed E-state index contributed by atoms with van der Waals surface area (Å²) in [5.41, 5.74) is 7.00. The molecular weight excluding hydrogens is 374 g/mol. The van der Waals surface area contributed by atoms with E-state index >= 15 is 0 Å². The molecule has 132 valence electrons. The largest absolute Gasteiger partial charge is 0.386 e. The number of halogens is 1. The first-order valence-corrected chi connectivity index (χ1v) is 9.64. The molecule has 27 heavy (non-hydrogen) atoms. The maximum Gasteiger partial charge on any atom is 0.118 e. The van der Waals surface area contributed by atoms with E-state index in [4.69, 9.17) is 17.3 Å².